The quantitative estimate of drug-likeness (QED) is 0.357. The minimum Gasteiger partial charge on any atom is -0.444 e. The molecule has 0 aliphatic rings. The standard InChI is InChI=1S/C29H33FN4O3/c1-20-6-13-24(14-7-20)33-25-15-10-22(18-26(25)32-19-21-8-11-23(30)12-9-21)27(35)34(5)17-16-31-28(36)37-29(2,3)4/h6-15,18-19,33H,16-17H2,1-5H3,(H,31,36). The molecule has 0 unspecified atom stereocenters. The summed E-state index contributed by atoms with van der Waals surface area (Å²) in [6.07, 6.45) is 1.09. The van der Waals surface area contributed by atoms with Crippen LogP contribution >= 0.6 is 0 Å². The summed E-state index contributed by atoms with van der Waals surface area (Å²) < 4.78 is 18.5. The van der Waals surface area contributed by atoms with Crippen molar-refractivity contribution in [1.82, 2.24) is 10.2 Å². The number of nitrogens with one attached hydrogen (secondary N) is 2. The van der Waals surface area contributed by atoms with Crippen LogP contribution in [0.15, 0.2) is 71.7 Å². The maximum atomic E-state index is 13.3. The van der Waals surface area contributed by atoms with Crippen LogP contribution in [0.1, 0.15) is 42.3 Å². The smallest absolute Gasteiger partial charge is 0.407 e. The highest BCUT2D eigenvalue weighted by molar-refractivity contribution is 5.97. The Bertz CT molecular complexity index is 1250. The van der Waals surface area contributed by atoms with E-state index >= 15 is 0 Å². The number of likely N-dealkylation sites (N-methyl/N-ethyl adjacent to an activating group) is 1. The molecule has 3 aromatic rings. The number of aryl methyl sites for hydroxylation is 1. The molecule has 3 rings (SSSR count). The maximum absolute atomic E-state index is 13.3. The van der Waals surface area contributed by atoms with E-state index in [1.54, 1.807) is 64.4 Å². The molecule has 0 radical (unpaired) electrons. The van der Waals surface area contributed by atoms with Crippen LogP contribution in [0, 0.1) is 12.7 Å². The zero-order valence-corrected chi connectivity index (χ0v) is 21.8. The number of carbonyl (C=O) groups is 2. The Labute approximate surface area is 217 Å². The van der Waals surface area contributed by atoms with Crippen LogP contribution in [0.2, 0.25) is 0 Å². The Hall–Kier alpha value is -4.20. The lowest BCUT2D eigenvalue weighted by molar-refractivity contribution is 0.0517. The van der Waals surface area contributed by atoms with Gasteiger partial charge in [0.25, 0.3) is 5.91 Å². The van der Waals surface area contributed by atoms with Crippen LogP contribution in [0.25, 0.3) is 0 Å². The Morgan fingerprint density at radius 3 is 2.35 bits per heavy atom. The fourth-order valence-corrected chi connectivity index (χ4v) is 3.32. The Morgan fingerprint density at radius 2 is 1.70 bits per heavy atom. The first-order valence-electron chi connectivity index (χ1n) is 12.0. The van der Waals surface area contributed by atoms with Crippen LogP contribution in [0.5, 0.6) is 0 Å². The number of aliphatic imine (C=N–C) groups is 1. The zero-order valence-electron chi connectivity index (χ0n) is 21.8. The third-order valence-corrected chi connectivity index (χ3v) is 5.26. The molecule has 3 aromatic carbocycles. The monoisotopic (exact) mass is 504 g/mol. The third-order valence-electron chi connectivity index (χ3n) is 5.26. The second-order valence-corrected chi connectivity index (χ2v) is 9.69. The molecule has 2 N–H and O–H groups in total. The van der Waals surface area contributed by atoms with Gasteiger partial charge in [-0.05, 0) is 75.7 Å². The van der Waals surface area contributed by atoms with Gasteiger partial charge in [0.05, 0.1) is 11.4 Å². The molecule has 0 aliphatic heterocycles. The van der Waals surface area contributed by atoms with Crippen LogP contribution < -0.4 is 10.6 Å². The van der Waals surface area contributed by atoms with Gasteiger partial charge in [-0.3, -0.25) is 9.79 Å². The molecule has 37 heavy (non-hydrogen) atoms. The van der Waals surface area contributed by atoms with Gasteiger partial charge >= 0.3 is 6.09 Å². The highest BCUT2D eigenvalue weighted by Crippen LogP contribution is 2.30. The first-order valence-corrected chi connectivity index (χ1v) is 12.0. The van der Waals surface area contributed by atoms with E-state index in [-0.39, 0.29) is 18.3 Å². The minimum atomic E-state index is -0.592. The molecular weight excluding hydrogens is 471 g/mol. The van der Waals surface area contributed by atoms with Gasteiger partial charge < -0.3 is 20.3 Å². The van der Waals surface area contributed by atoms with E-state index in [4.69, 9.17) is 4.74 Å². The summed E-state index contributed by atoms with van der Waals surface area (Å²) in [6, 6.07) is 19.2. The lowest BCUT2D eigenvalue weighted by Gasteiger charge is -2.21. The number of alkyl carbamates (subject to hydrolysis) is 1. The van der Waals surface area contributed by atoms with Gasteiger partial charge in [0.1, 0.15) is 11.4 Å². The summed E-state index contributed by atoms with van der Waals surface area (Å²) in [6.45, 7) is 7.93. The maximum Gasteiger partial charge on any atom is 0.407 e. The van der Waals surface area contributed by atoms with E-state index in [0.717, 1.165) is 16.8 Å². The van der Waals surface area contributed by atoms with Crippen LogP contribution in [0.4, 0.5) is 26.2 Å². The van der Waals surface area contributed by atoms with E-state index in [2.05, 4.69) is 15.6 Å². The summed E-state index contributed by atoms with van der Waals surface area (Å²) in [4.78, 5) is 31.1. The molecule has 7 nitrogen and oxygen atoms in total. The van der Waals surface area contributed by atoms with Gasteiger partial charge in [-0.1, -0.05) is 29.8 Å². The lowest BCUT2D eigenvalue weighted by atomic mass is 10.1. The Morgan fingerprint density at radius 1 is 1.03 bits per heavy atom. The summed E-state index contributed by atoms with van der Waals surface area (Å²) >= 11 is 0. The van der Waals surface area contributed by atoms with Crippen LogP contribution in [-0.4, -0.2) is 48.9 Å². The fraction of sp³-hybridized carbons (Fsp3) is 0.276. The number of rotatable bonds is 8. The number of nitrogens with zero attached hydrogens (tertiary/aromatic N) is 2. The van der Waals surface area contributed by atoms with E-state index in [0.29, 0.717) is 23.5 Å². The molecule has 0 atom stereocenters. The highest BCUT2D eigenvalue weighted by atomic mass is 19.1. The largest absolute Gasteiger partial charge is 0.444 e. The van der Waals surface area contributed by atoms with Crippen LogP contribution in [0.3, 0.4) is 0 Å². The zero-order chi connectivity index (χ0) is 27.0. The average molecular weight is 505 g/mol. The molecule has 0 saturated heterocycles. The molecule has 194 valence electrons. The summed E-state index contributed by atoms with van der Waals surface area (Å²) in [5, 5.41) is 6.00. The van der Waals surface area contributed by atoms with Gasteiger partial charge in [-0.25, -0.2) is 9.18 Å². The van der Waals surface area contributed by atoms with Gasteiger partial charge in [-0.2, -0.15) is 0 Å². The number of anilines is 2. The van der Waals surface area contributed by atoms with Crippen molar-refractivity contribution in [2.45, 2.75) is 33.3 Å². The summed E-state index contributed by atoms with van der Waals surface area (Å²) in [7, 11) is 1.67. The van der Waals surface area contributed by atoms with Crippen molar-refractivity contribution in [2.75, 3.05) is 25.5 Å². The number of amides is 2. The second kappa shape index (κ2) is 12.2. The molecule has 0 saturated carbocycles. The van der Waals surface area contributed by atoms with Crippen molar-refractivity contribution < 1.29 is 18.7 Å². The fourth-order valence-electron chi connectivity index (χ4n) is 3.32. The average Bonchev–Trinajstić information content (AvgIpc) is 2.84. The Balaban J connectivity index is 1.77. The van der Waals surface area contributed by atoms with Crippen molar-refractivity contribution in [3.8, 4) is 0 Å². The van der Waals surface area contributed by atoms with Crippen molar-refractivity contribution >= 4 is 35.3 Å². The molecule has 0 bridgehead atoms. The number of hydrogen-bond acceptors (Lipinski definition) is 5. The molecule has 0 fully saturated rings. The number of halogens is 1. The van der Waals surface area contributed by atoms with Gasteiger partial charge in [0.2, 0.25) is 0 Å². The Kier molecular flexibility index (Phi) is 9.00. The molecule has 2 amide bonds. The van der Waals surface area contributed by atoms with Crippen LogP contribution in [-0.2, 0) is 4.74 Å². The first kappa shape index (κ1) is 27.4. The topological polar surface area (TPSA) is 83.0 Å². The van der Waals surface area contributed by atoms with E-state index in [1.165, 1.54) is 17.0 Å². The lowest BCUT2D eigenvalue weighted by Crippen LogP contribution is -2.38. The SMILES string of the molecule is Cc1ccc(Nc2ccc(C(=O)N(C)CCNC(=O)OC(C)(C)C)cc2N=Cc2ccc(F)cc2)cc1. The molecule has 0 aliphatic carbocycles. The summed E-state index contributed by atoms with van der Waals surface area (Å²) in [5.74, 6) is -0.540. The molecular formula is C29H33FN4O3. The van der Waals surface area contributed by atoms with E-state index < -0.39 is 11.7 Å². The third kappa shape index (κ3) is 8.75. The number of hydrogen-bond donors (Lipinski definition) is 2. The molecule has 0 spiro atoms. The predicted molar refractivity (Wildman–Crippen MR) is 146 cm³/mol. The summed E-state index contributed by atoms with van der Waals surface area (Å²) in [5.41, 5.74) is 3.87. The molecule has 0 aromatic heterocycles. The second-order valence-electron chi connectivity index (χ2n) is 9.69. The number of ether oxygens (including phenoxy) is 1. The van der Waals surface area contributed by atoms with Crippen molar-refractivity contribution in [1.29, 1.82) is 0 Å². The normalized spacial score (nSPS) is 11.3. The number of benzene rings is 3. The number of carbonyl (C=O) groups excluding carboxylic acids is 2. The van der Waals surface area contributed by atoms with Gasteiger partial charge in [-0.15, -0.1) is 0 Å². The first-order chi connectivity index (χ1) is 17.5. The van der Waals surface area contributed by atoms with Gasteiger partial charge in [0, 0.05) is 37.6 Å². The van der Waals surface area contributed by atoms with E-state index in [9.17, 15) is 14.0 Å². The van der Waals surface area contributed by atoms with Crippen molar-refractivity contribution in [3.63, 3.8) is 0 Å². The van der Waals surface area contributed by atoms with E-state index in [1.807, 2.05) is 31.2 Å². The molecule has 8 heteroatoms. The highest BCUT2D eigenvalue weighted by Gasteiger charge is 2.17. The van der Waals surface area contributed by atoms with Crippen molar-refractivity contribution in [3.05, 3.63) is 89.2 Å². The predicted octanol–water partition coefficient (Wildman–Crippen LogP) is 6.23. The molecule has 0 heterocycles. The minimum absolute atomic E-state index is 0.217. The van der Waals surface area contributed by atoms with Crippen molar-refractivity contribution in [2.24, 2.45) is 4.99 Å². The van der Waals surface area contributed by atoms with Gasteiger partial charge in [0.15, 0.2) is 0 Å².